The van der Waals surface area contributed by atoms with E-state index in [0.717, 1.165) is 56.7 Å². The van der Waals surface area contributed by atoms with Crippen LogP contribution in [0.1, 0.15) is 47.6 Å². The molecule has 2 aliphatic heterocycles. The number of benzene rings is 2. The van der Waals surface area contributed by atoms with Gasteiger partial charge in [0, 0.05) is 45.2 Å². The van der Waals surface area contributed by atoms with Gasteiger partial charge in [0.05, 0.1) is 12.2 Å². The van der Waals surface area contributed by atoms with Crippen LogP contribution in [0.15, 0.2) is 42.5 Å². The van der Waals surface area contributed by atoms with E-state index in [0.29, 0.717) is 6.54 Å². The first-order valence-corrected chi connectivity index (χ1v) is 11.4. The molecule has 2 aromatic rings. The summed E-state index contributed by atoms with van der Waals surface area (Å²) in [5, 5.41) is 2.88. The molecule has 5 rings (SSSR count). The third-order valence-corrected chi connectivity index (χ3v) is 6.92. The van der Waals surface area contributed by atoms with Crippen molar-refractivity contribution in [2.24, 2.45) is 0 Å². The fourth-order valence-corrected chi connectivity index (χ4v) is 5.40. The molecule has 0 aromatic heterocycles. The van der Waals surface area contributed by atoms with Gasteiger partial charge in [-0.2, -0.15) is 0 Å². The van der Waals surface area contributed by atoms with Gasteiger partial charge in [-0.25, -0.2) is 9.18 Å². The molecule has 0 bridgehead atoms. The average molecular weight is 424 g/mol. The summed E-state index contributed by atoms with van der Waals surface area (Å²) >= 11 is 0. The van der Waals surface area contributed by atoms with E-state index in [1.807, 2.05) is 17.9 Å². The summed E-state index contributed by atoms with van der Waals surface area (Å²) in [6.45, 7) is 6.63. The van der Waals surface area contributed by atoms with Gasteiger partial charge < -0.3 is 15.0 Å². The largest absolute Gasteiger partial charge is 0.368 e. The van der Waals surface area contributed by atoms with Crippen molar-refractivity contribution in [1.29, 1.82) is 0 Å². The molecule has 2 amide bonds. The van der Waals surface area contributed by atoms with Crippen LogP contribution in [-0.2, 0) is 11.2 Å². The number of fused-ring (bicyclic) bond motifs is 5. The Morgan fingerprint density at radius 2 is 1.87 bits per heavy atom. The van der Waals surface area contributed by atoms with E-state index in [9.17, 15) is 9.18 Å². The van der Waals surface area contributed by atoms with E-state index in [2.05, 4.69) is 34.5 Å². The molecule has 2 aromatic carbocycles. The zero-order chi connectivity index (χ0) is 21.4. The summed E-state index contributed by atoms with van der Waals surface area (Å²) in [7, 11) is 0. The molecular weight excluding hydrogens is 393 g/mol. The van der Waals surface area contributed by atoms with Crippen LogP contribution in [0.2, 0.25) is 0 Å². The zero-order valence-electron chi connectivity index (χ0n) is 18.0. The number of carbonyl (C=O) groups excluding carboxylic acids is 1. The number of hydrogen-bond donors (Lipinski definition) is 1. The SMILES string of the molecule is CCNC(=O)N1CCN(C[C@H]2C[C@@H]3c4ccccc4Cc4ccc(F)cc4[C@@H]3O2)CC1. The number of carbonyl (C=O) groups is 1. The molecule has 3 atom stereocenters. The maximum Gasteiger partial charge on any atom is 0.317 e. The van der Waals surface area contributed by atoms with Gasteiger partial charge in [-0.1, -0.05) is 30.3 Å². The highest BCUT2D eigenvalue weighted by molar-refractivity contribution is 5.74. The first-order chi connectivity index (χ1) is 15.1. The predicted octanol–water partition coefficient (Wildman–Crippen LogP) is 3.69. The highest BCUT2D eigenvalue weighted by Gasteiger charge is 2.41. The molecule has 164 valence electrons. The Morgan fingerprint density at radius 3 is 2.68 bits per heavy atom. The van der Waals surface area contributed by atoms with Crippen molar-refractivity contribution in [3.05, 3.63) is 70.5 Å². The van der Waals surface area contributed by atoms with E-state index in [1.165, 1.54) is 11.1 Å². The van der Waals surface area contributed by atoms with Crippen molar-refractivity contribution in [1.82, 2.24) is 15.1 Å². The number of piperazine rings is 1. The minimum atomic E-state index is -0.197. The van der Waals surface area contributed by atoms with Crippen LogP contribution in [-0.4, -0.2) is 61.2 Å². The van der Waals surface area contributed by atoms with Crippen LogP contribution in [0.3, 0.4) is 0 Å². The summed E-state index contributed by atoms with van der Waals surface area (Å²) in [4.78, 5) is 16.3. The van der Waals surface area contributed by atoms with Crippen molar-refractivity contribution in [3.8, 4) is 0 Å². The monoisotopic (exact) mass is 423 g/mol. The second-order valence-electron chi connectivity index (χ2n) is 8.86. The lowest BCUT2D eigenvalue weighted by molar-refractivity contribution is 0.0117. The van der Waals surface area contributed by atoms with Gasteiger partial charge in [0.2, 0.25) is 0 Å². The Balaban J connectivity index is 1.32. The van der Waals surface area contributed by atoms with E-state index in [-0.39, 0.29) is 30.0 Å². The maximum absolute atomic E-state index is 14.1. The molecule has 0 saturated carbocycles. The third-order valence-electron chi connectivity index (χ3n) is 6.92. The van der Waals surface area contributed by atoms with Crippen molar-refractivity contribution in [3.63, 3.8) is 0 Å². The molecule has 1 N–H and O–H groups in total. The molecule has 0 unspecified atom stereocenters. The number of urea groups is 1. The average Bonchev–Trinajstić information content (AvgIpc) is 3.14. The number of nitrogens with one attached hydrogen (secondary N) is 1. The lowest BCUT2D eigenvalue weighted by Gasteiger charge is -2.35. The Morgan fingerprint density at radius 1 is 1.10 bits per heavy atom. The first-order valence-electron chi connectivity index (χ1n) is 11.4. The Bertz CT molecular complexity index is 958. The highest BCUT2D eigenvalue weighted by atomic mass is 19.1. The Hall–Kier alpha value is -2.44. The van der Waals surface area contributed by atoms with Gasteiger partial charge >= 0.3 is 6.03 Å². The highest BCUT2D eigenvalue weighted by Crippen LogP contribution is 2.49. The molecule has 31 heavy (non-hydrogen) atoms. The molecule has 2 fully saturated rings. The van der Waals surface area contributed by atoms with E-state index in [1.54, 1.807) is 12.1 Å². The number of hydrogen-bond acceptors (Lipinski definition) is 3. The summed E-state index contributed by atoms with van der Waals surface area (Å²) < 4.78 is 20.7. The van der Waals surface area contributed by atoms with Crippen LogP contribution < -0.4 is 5.32 Å². The zero-order valence-corrected chi connectivity index (χ0v) is 18.0. The smallest absolute Gasteiger partial charge is 0.317 e. The molecule has 2 saturated heterocycles. The third kappa shape index (κ3) is 4.06. The van der Waals surface area contributed by atoms with Gasteiger partial charge in [-0.3, -0.25) is 4.90 Å². The van der Waals surface area contributed by atoms with E-state index < -0.39 is 0 Å². The van der Waals surface area contributed by atoms with Crippen molar-refractivity contribution < 1.29 is 13.9 Å². The van der Waals surface area contributed by atoms with E-state index >= 15 is 0 Å². The molecule has 0 radical (unpaired) electrons. The molecule has 5 nitrogen and oxygen atoms in total. The lowest BCUT2D eigenvalue weighted by atomic mass is 9.87. The van der Waals surface area contributed by atoms with Crippen LogP contribution in [0.4, 0.5) is 9.18 Å². The molecule has 0 spiro atoms. The van der Waals surface area contributed by atoms with Gasteiger partial charge in [-0.15, -0.1) is 0 Å². The van der Waals surface area contributed by atoms with Gasteiger partial charge in [0.1, 0.15) is 5.82 Å². The minimum absolute atomic E-state index is 0.0248. The topological polar surface area (TPSA) is 44.8 Å². The van der Waals surface area contributed by atoms with Crippen LogP contribution in [0, 0.1) is 5.82 Å². The van der Waals surface area contributed by atoms with Gasteiger partial charge in [0.25, 0.3) is 0 Å². The molecular formula is C25H30FN3O2. The van der Waals surface area contributed by atoms with Crippen molar-refractivity contribution in [2.75, 3.05) is 39.3 Å². The second kappa shape index (κ2) is 8.60. The number of rotatable bonds is 3. The number of amides is 2. The quantitative estimate of drug-likeness (QED) is 0.819. The number of nitrogens with zero attached hydrogens (tertiary/aromatic N) is 2. The Labute approximate surface area is 183 Å². The van der Waals surface area contributed by atoms with Gasteiger partial charge in [-0.05, 0) is 54.2 Å². The summed E-state index contributed by atoms with van der Waals surface area (Å²) in [6, 6.07) is 13.8. The predicted molar refractivity (Wildman–Crippen MR) is 118 cm³/mol. The Kier molecular flexibility index (Phi) is 5.67. The first kappa shape index (κ1) is 20.5. The fraction of sp³-hybridized carbons (Fsp3) is 0.480. The van der Waals surface area contributed by atoms with Crippen LogP contribution in [0.25, 0.3) is 0 Å². The number of halogens is 1. The molecule has 6 heteroatoms. The normalized spacial score (nSPS) is 25.4. The number of ether oxygens (including phenoxy) is 1. The standard InChI is InChI=1S/C25H30FN3O2/c1-2-27-25(30)29-11-9-28(10-12-29)16-20-15-23-21-6-4-3-5-17(21)13-18-7-8-19(26)14-22(18)24(23)31-20/h3-8,14,20,23-24H,2,9-13,15-16H2,1H3,(H,27,30)/t20-,23-,24+/m1/s1. The molecule has 3 aliphatic rings. The molecule has 1 aliphatic carbocycles. The van der Waals surface area contributed by atoms with Crippen LogP contribution >= 0.6 is 0 Å². The second-order valence-corrected chi connectivity index (χ2v) is 8.86. The fourth-order valence-electron chi connectivity index (χ4n) is 5.40. The maximum atomic E-state index is 14.1. The minimum Gasteiger partial charge on any atom is -0.368 e. The van der Waals surface area contributed by atoms with E-state index in [4.69, 9.17) is 4.74 Å². The van der Waals surface area contributed by atoms with Gasteiger partial charge in [0.15, 0.2) is 0 Å². The summed E-state index contributed by atoms with van der Waals surface area (Å²) in [6.07, 6.45) is 1.77. The van der Waals surface area contributed by atoms with Crippen molar-refractivity contribution >= 4 is 6.03 Å². The lowest BCUT2D eigenvalue weighted by Crippen LogP contribution is -2.52. The molecule has 2 heterocycles. The summed E-state index contributed by atoms with van der Waals surface area (Å²) in [5.74, 6) is 0.0536. The van der Waals surface area contributed by atoms with Crippen LogP contribution in [0.5, 0.6) is 0 Å². The summed E-state index contributed by atoms with van der Waals surface area (Å²) in [5.41, 5.74) is 4.83. The van der Waals surface area contributed by atoms with Crippen molar-refractivity contribution in [2.45, 2.75) is 37.9 Å².